The van der Waals surface area contributed by atoms with Gasteiger partial charge in [-0.15, -0.1) is 11.3 Å². The molecule has 1 aliphatic carbocycles. The van der Waals surface area contributed by atoms with Crippen LogP contribution in [-0.4, -0.2) is 60.0 Å². The molecule has 0 radical (unpaired) electrons. The Bertz CT molecular complexity index is 807. The van der Waals surface area contributed by atoms with E-state index >= 15 is 0 Å². The maximum Gasteiger partial charge on any atom is 0.191 e. The van der Waals surface area contributed by atoms with Crippen molar-refractivity contribution in [2.24, 2.45) is 10.7 Å². The van der Waals surface area contributed by atoms with Gasteiger partial charge < -0.3 is 15.5 Å². The van der Waals surface area contributed by atoms with Crippen LogP contribution in [0.4, 0.5) is 5.13 Å². The van der Waals surface area contributed by atoms with Gasteiger partial charge in [0.25, 0.3) is 0 Å². The van der Waals surface area contributed by atoms with Crippen LogP contribution in [0.5, 0.6) is 0 Å². The van der Waals surface area contributed by atoms with E-state index in [9.17, 15) is 0 Å². The Labute approximate surface area is 184 Å². The molecule has 1 saturated carbocycles. The first-order valence-corrected chi connectivity index (χ1v) is 12.0. The summed E-state index contributed by atoms with van der Waals surface area (Å²) in [6, 6.07) is 9.40. The summed E-state index contributed by atoms with van der Waals surface area (Å²) in [5.41, 5.74) is 9.02. The van der Waals surface area contributed by atoms with Gasteiger partial charge in [0.2, 0.25) is 0 Å². The molecule has 1 aromatic carbocycles. The molecule has 0 amide bonds. The molecule has 0 spiro atoms. The lowest BCUT2D eigenvalue weighted by atomic mass is 9.94. The summed E-state index contributed by atoms with van der Waals surface area (Å²) in [7, 11) is 2.27. The molecule has 7 heteroatoms. The fraction of sp³-hybridized carbons (Fsp3) is 0.565. The summed E-state index contributed by atoms with van der Waals surface area (Å²) in [5.74, 6) is 0.657. The Morgan fingerprint density at radius 2 is 1.87 bits per heavy atom. The third-order valence-electron chi connectivity index (χ3n) is 6.44. The van der Waals surface area contributed by atoms with Crippen molar-refractivity contribution in [1.82, 2.24) is 14.8 Å². The molecular weight excluding hydrogens is 392 g/mol. The lowest BCUT2D eigenvalue weighted by Gasteiger charge is -2.35. The van der Waals surface area contributed by atoms with Gasteiger partial charge in [0.05, 0.1) is 6.54 Å². The number of rotatable bonds is 6. The molecule has 0 unspecified atom stereocenters. The number of piperazine rings is 1. The maximum absolute atomic E-state index is 6.36. The highest BCUT2D eigenvalue weighted by molar-refractivity contribution is 7.13. The minimum absolute atomic E-state index is 0.646. The highest BCUT2D eigenvalue weighted by Crippen LogP contribution is 2.24. The van der Waals surface area contributed by atoms with Crippen molar-refractivity contribution in [1.29, 1.82) is 0 Å². The second-order valence-electron chi connectivity index (χ2n) is 8.44. The Kier molecular flexibility index (Phi) is 7.23. The molecule has 162 valence electrons. The normalized spacial score (nSPS) is 18.9. The van der Waals surface area contributed by atoms with Crippen LogP contribution in [0.2, 0.25) is 0 Å². The van der Waals surface area contributed by atoms with E-state index in [0.29, 0.717) is 12.5 Å². The zero-order chi connectivity index (χ0) is 20.8. The number of aliphatic imine (C=N–C) groups is 1. The van der Waals surface area contributed by atoms with Crippen molar-refractivity contribution in [3.63, 3.8) is 0 Å². The molecule has 1 aliphatic heterocycles. The highest BCUT2D eigenvalue weighted by Gasteiger charge is 2.21. The average Bonchev–Trinajstić information content (AvgIpc) is 3.34. The predicted molar refractivity (Wildman–Crippen MR) is 126 cm³/mol. The van der Waals surface area contributed by atoms with E-state index in [1.165, 1.54) is 43.2 Å². The van der Waals surface area contributed by atoms with Gasteiger partial charge in [0, 0.05) is 50.3 Å². The van der Waals surface area contributed by atoms with E-state index in [1.54, 1.807) is 11.3 Å². The first-order chi connectivity index (χ1) is 14.7. The Morgan fingerprint density at radius 3 is 2.57 bits per heavy atom. The van der Waals surface area contributed by atoms with Crippen LogP contribution < -0.4 is 10.6 Å². The summed E-state index contributed by atoms with van der Waals surface area (Å²) in [4.78, 5) is 16.2. The van der Waals surface area contributed by atoms with Crippen LogP contribution >= 0.6 is 11.3 Å². The van der Waals surface area contributed by atoms with Gasteiger partial charge >= 0.3 is 0 Å². The number of nitrogens with two attached hydrogens (primary N) is 1. The Balaban J connectivity index is 1.33. The molecule has 6 nitrogen and oxygen atoms in total. The standard InChI is InChI=1S/C23H34N6S/c1-27(21-9-3-2-4-10-21)18-20-8-6-5-7-19(20)17-26-22(24)28-12-14-29(15-13-28)23-25-11-16-30-23/h5-8,11,16,21H,2-4,9-10,12-15,17-18H2,1H3,(H2,24,26). The Hall–Kier alpha value is -2.12. The van der Waals surface area contributed by atoms with E-state index in [4.69, 9.17) is 10.7 Å². The lowest BCUT2D eigenvalue weighted by Crippen LogP contribution is -2.51. The molecule has 1 aromatic heterocycles. The van der Waals surface area contributed by atoms with Crippen LogP contribution in [0.1, 0.15) is 43.2 Å². The molecule has 2 N–H and O–H groups in total. The number of hydrogen-bond acceptors (Lipinski definition) is 5. The summed E-state index contributed by atoms with van der Waals surface area (Å²) in [6.07, 6.45) is 8.66. The van der Waals surface area contributed by atoms with E-state index in [-0.39, 0.29) is 0 Å². The predicted octanol–water partition coefficient (Wildman–Crippen LogP) is 3.54. The number of hydrogen-bond donors (Lipinski definition) is 1. The van der Waals surface area contributed by atoms with E-state index in [2.05, 4.69) is 51.0 Å². The van der Waals surface area contributed by atoms with Gasteiger partial charge in [-0.05, 0) is 31.0 Å². The van der Waals surface area contributed by atoms with Crippen molar-refractivity contribution in [2.45, 2.75) is 51.2 Å². The monoisotopic (exact) mass is 426 g/mol. The number of thiazole rings is 1. The van der Waals surface area contributed by atoms with Crippen molar-refractivity contribution in [2.75, 3.05) is 38.1 Å². The largest absolute Gasteiger partial charge is 0.370 e. The topological polar surface area (TPSA) is 61.0 Å². The molecule has 2 fully saturated rings. The van der Waals surface area contributed by atoms with Gasteiger partial charge in [-0.25, -0.2) is 9.98 Å². The number of benzene rings is 1. The molecule has 2 aliphatic rings. The van der Waals surface area contributed by atoms with Gasteiger partial charge in [0.1, 0.15) is 0 Å². The number of anilines is 1. The fourth-order valence-corrected chi connectivity index (χ4v) is 5.25. The second-order valence-corrected chi connectivity index (χ2v) is 9.31. The van der Waals surface area contributed by atoms with Gasteiger partial charge in [-0.2, -0.15) is 0 Å². The molecule has 1 saturated heterocycles. The third-order valence-corrected chi connectivity index (χ3v) is 7.27. The number of aromatic nitrogens is 1. The molecule has 0 atom stereocenters. The minimum atomic E-state index is 0.646. The SMILES string of the molecule is CN(Cc1ccccc1CN=C(N)N1CCN(c2nccs2)CC1)C1CCCCC1. The van der Waals surface area contributed by atoms with Crippen LogP contribution in [-0.2, 0) is 13.1 Å². The summed E-state index contributed by atoms with van der Waals surface area (Å²) in [5, 5.41) is 3.13. The van der Waals surface area contributed by atoms with E-state index in [1.807, 2.05) is 11.6 Å². The minimum Gasteiger partial charge on any atom is -0.370 e. The highest BCUT2D eigenvalue weighted by atomic mass is 32.1. The number of nitrogens with zero attached hydrogens (tertiary/aromatic N) is 5. The maximum atomic E-state index is 6.36. The van der Waals surface area contributed by atoms with Gasteiger partial charge in [-0.3, -0.25) is 4.90 Å². The van der Waals surface area contributed by atoms with Crippen molar-refractivity contribution < 1.29 is 0 Å². The Morgan fingerprint density at radius 1 is 1.13 bits per heavy atom. The van der Waals surface area contributed by atoms with Crippen molar-refractivity contribution in [3.05, 3.63) is 47.0 Å². The number of guanidine groups is 1. The molecule has 0 bridgehead atoms. The summed E-state index contributed by atoms with van der Waals surface area (Å²) < 4.78 is 0. The molecule has 30 heavy (non-hydrogen) atoms. The smallest absolute Gasteiger partial charge is 0.191 e. The summed E-state index contributed by atoms with van der Waals surface area (Å²) >= 11 is 1.69. The lowest BCUT2D eigenvalue weighted by molar-refractivity contribution is 0.184. The van der Waals surface area contributed by atoms with E-state index < -0.39 is 0 Å². The van der Waals surface area contributed by atoms with Crippen molar-refractivity contribution in [3.8, 4) is 0 Å². The molecular formula is C23H34N6S. The zero-order valence-electron chi connectivity index (χ0n) is 18.0. The van der Waals surface area contributed by atoms with E-state index in [0.717, 1.165) is 43.9 Å². The fourth-order valence-electron chi connectivity index (χ4n) is 4.55. The first kappa shape index (κ1) is 21.1. The van der Waals surface area contributed by atoms with Crippen LogP contribution in [0.3, 0.4) is 0 Å². The average molecular weight is 427 g/mol. The van der Waals surface area contributed by atoms with Crippen LogP contribution in [0, 0.1) is 0 Å². The quantitative estimate of drug-likeness (QED) is 0.565. The zero-order valence-corrected chi connectivity index (χ0v) is 18.9. The van der Waals surface area contributed by atoms with Crippen LogP contribution in [0.25, 0.3) is 0 Å². The third kappa shape index (κ3) is 5.32. The van der Waals surface area contributed by atoms with Crippen molar-refractivity contribution >= 4 is 22.4 Å². The second kappa shape index (κ2) is 10.3. The van der Waals surface area contributed by atoms with Gasteiger partial charge in [-0.1, -0.05) is 43.5 Å². The molecule has 2 aromatic rings. The van der Waals surface area contributed by atoms with Gasteiger partial charge in [0.15, 0.2) is 11.1 Å². The molecule has 2 heterocycles. The van der Waals surface area contributed by atoms with Crippen LogP contribution in [0.15, 0.2) is 40.8 Å². The molecule has 4 rings (SSSR count). The first-order valence-electron chi connectivity index (χ1n) is 11.2. The summed E-state index contributed by atoms with van der Waals surface area (Å²) in [6.45, 7) is 5.29.